The summed E-state index contributed by atoms with van der Waals surface area (Å²) in [7, 11) is -3.47. The van der Waals surface area contributed by atoms with Gasteiger partial charge in [0, 0.05) is 6.04 Å². The van der Waals surface area contributed by atoms with Gasteiger partial charge in [0.2, 0.25) is 0 Å². The number of hydrogen-bond acceptors (Lipinski definition) is 4. The van der Waals surface area contributed by atoms with E-state index in [9.17, 15) is 8.42 Å². The molecular weight excluding hydrogens is 292 g/mol. The molecule has 1 aliphatic carbocycles. The molecule has 7 heteroatoms. The van der Waals surface area contributed by atoms with E-state index in [1.807, 2.05) is 0 Å². The SMILES string of the molecule is CCC1CCC(NS(=O)(=O)c2cnc(Cl)s2)C1C. The van der Waals surface area contributed by atoms with Gasteiger partial charge >= 0.3 is 0 Å². The van der Waals surface area contributed by atoms with E-state index < -0.39 is 10.0 Å². The summed E-state index contributed by atoms with van der Waals surface area (Å²) in [4.78, 5) is 3.77. The Labute approximate surface area is 117 Å². The molecule has 0 saturated heterocycles. The summed E-state index contributed by atoms with van der Waals surface area (Å²) in [6.45, 7) is 4.27. The number of nitrogens with one attached hydrogen (secondary N) is 1. The third-order valence-electron chi connectivity index (χ3n) is 3.78. The average molecular weight is 309 g/mol. The maximum atomic E-state index is 12.1. The van der Waals surface area contributed by atoms with Crippen LogP contribution in [-0.2, 0) is 10.0 Å². The second-order valence-corrected chi connectivity index (χ2v) is 8.32. The summed E-state index contributed by atoms with van der Waals surface area (Å²) < 4.78 is 27.5. The first-order valence-electron chi connectivity index (χ1n) is 6.07. The lowest BCUT2D eigenvalue weighted by Gasteiger charge is -2.20. The maximum absolute atomic E-state index is 12.1. The highest BCUT2D eigenvalue weighted by atomic mass is 35.5. The maximum Gasteiger partial charge on any atom is 0.251 e. The molecule has 0 spiro atoms. The molecule has 1 aromatic heterocycles. The molecule has 3 unspecified atom stereocenters. The van der Waals surface area contributed by atoms with Gasteiger partial charge in [-0.05, 0) is 24.7 Å². The first kappa shape index (κ1) is 14.2. The van der Waals surface area contributed by atoms with Crippen LogP contribution in [0.25, 0.3) is 0 Å². The molecule has 1 fully saturated rings. The van der Waals surface area contributed by atoms with Gasteiger partial charge in [0.05, 0.1) is 6.20 Å². The molecule has 102 valence electrons. The number of sulfonamides is 1. The Balaban J connectivity index is 2.10. The number of nitrogens with zero attached hydrogens (tertiary/aromatic N) is 1. The molecule has 3 atom stereocenters. The molecule has 0 radical (unpaired) electrons. The Hall–Kier alpha value is -0.170. The number of rotatable bonds is 4. The lowest BCUT2D eigenvalue weighted by Crippen LogP contribution is -2.37. The zero-order valence-electron chi connectivity index (χ0n) is 10.4. The van der Waals surface area contributed by atoms with Gasteiger partial charge in [-0.3, -0.25) is 0 Å². The minimum absolute atomic E-state index is 0.0285. The molecule has 0 amide bonds. The number of aromatic nitrogens is 1. The molecule has 1 saturated carbocycles. The van der Waals surface area contributed by atoms with Crippen LogP contribution in [0.4, 0.5) is 0 Å². The van der Waals surface area contributed by atoms with Crippen LogP contribution >= 0.6 is 22.9 Å². The predicted octanol–water partition coefficient (Wildman–Crippen LogP) is 2.90. The van der Waals surface area contributed by atoms with Crippen molar-refractivity contribution >= 4 is 33.0 Å². The standard InChI is InChI=1S/C11H17ClN2O2S2/c1-3-8-4-5-9(7(8)2)14-18(15,16)10-6-13-11(12)17-10/h6-9,14H,3-5H2,1-2H3. The van der Waals surface area contributed by atoms with Crippen molar-refractivity contribution in [2.24, 2.45) is 11.8 Å². The van der Waals surface area contributed by atoms with E-state index in [4.69, 9.17) is 11.6 Å². The Morgan fingerprint density at radius 1 is 1.56 bits per heavy atom. The van der Waals surface area contributed by atoms with Crippen molar-refractivity contribution in [2.75, 3.05) is 0 Å². The second kappa shape index (κ2) is 5.45. The molecule has 0 aromatic carbocycles. The number of hydrogen-bond donors (Lipinski definition) is 1. The highest BCUT2D eigenvalue weighted by Crippen LogP contribution is 2.35. The largest absolute Gasteiger partial charge is 0.251 e. The molecule has 2 rings (SSSR count). The van der Waals surface area contributed by atoms with E-state index in [0.29, 0.717) is 11.8 Å². The van der Waals surface area contributed by atoms with Crippen LogP contribution in [-0.4, -0.2) is 19.4 Å². The van der Waals surface area contributed by atoms with E-state index >= 15 is 0 Å². The topological polar surface area (TPSA) is 59.1 Å². The van der Waals surface area contributed by atoms with E-state index in [2.05, 4.69) is 23.6 Å². The Morgan fingerprint density at radius 2 is 2.28 bits per heavy atom. The Bertz CT molecular complexity index is 515. The van der Waals surface area contributed by atoms with Crippen molar-refractivity contribution in [3.63, 3.8) is 0 Å². The summed E-state index contributed by atoms with van der Waals surface area (Å²) in [5.41, 5.74) is 0. The van der Waals surface area contributed by atoms with Crippen LogP contribution in [0.3, 0.4) is 0 Å². The fourth-order valence-electron chi connectivity index (χ4n) is 2.61. The van der Waals surface area contributed by atoms with Crippen molar-refractivity contribution in [3.8, 4) is 0 Å². The Kier molecular flexibility index (Phi) is 4.31. The first-order chi connectivity index (χ1) is 8.44. The molecule has 1 N–H and O–H groups in total. The molecule has 0 aliphatic heterocycles. The third kappa shape index (κ3) is 2.87. The summed E-state index contributed by atoms with van der Waals surface area (Å²) >= 11 is 6.66. The second-order valence-electron chi connectivity index (χ2n) is 4.76. The van der Waals surface area contributed by atoms with Gasteiger partial charge in [-0.2, -0.15) is 0 Å². The zero-order chi connectivity index (χ0) is 13.3. The summed E-state index contributed by atoms with van der Waals surface area (Å²) in [5.74, 6) is 0.996. The minimum Gasteiger partial charge on any atom is -0.232 e. The highest BCUT2D eigenvalue weighted by Gasteiger charge is 2.34. The molecule has 18 heavy (non-hydrogen) atoms. The van der Waals surface area contributed by atoms with Gasteiger partial charge in [0.15, 0.2) is 8.68 Å². The van der Waals surface area contributed by atoms with Crippen LogP contribution in [0.5, 0.6) is 0 Å². The number of thiazole rings is 1. The molecule has 1 aliphatic rings. The summed E-state index contributed by atoms with van der Waals surface area (Å²) in [5, 5.41) is 0. The van der Waals surface area contributed by atoms with Crippen molar-refractivity contribution in [3.05, 3.63) is 10.7 Å². The average Bonchev–Trinajstić information content (AvgIpc) is 2.87. The molecule has 1 aromatic rings. The fourth-order valence-corrected chi connectivity index (χ4v) is 5.28. The highest BCUT2D eigenvalue weighted by molar-refractivity contribution is 7.91. The van der Waals surface area contributed by atoms with Crippen LogP contribution in [0.1, 0.15) is 33.1 Å². The summed E-state index contributed by atoms with van der Waals surface area (Å²) in [6, 6.07) is 0.0285. The molecule has 4 nitrogen and oxygen atoms in total. The van der Waals surface area contributed by atoms with Gasteiger partial charge in [-0.15, -0.1) is 0 Å². The molecule has 0 bridgehead atoms. The van der Waals surface area contributed by atoms with Crippen molar-refractivity contribution in [1.82, 2.24) is 9.71 Å². The Morgan fingerprint density at radius 3 is 2.78 bits per heavy atom. The van der Waals surface area contributed by atoms with Crippen LogP contribution in [0, 0.1) is 11.8 Å². The summed E-state index contributed by atoms with van der Waals surface area (Å²) in [6.07, 6.45) is 4.41. The predicted molar refractivity (Wildman–Crippen MR) is 73.4 cm³/mol. The van der Waals surface area contributed by atoms with E-state index in [1.165, 1.54) is 6.20 Å². The van der Waals surface area contributed by atoms with Crippen LogP contribution in [0.2, 0.25) is 4.47 Å². The fraction of sp³-hybridized carbons (Fsp3) is 0.727. The minimum atomic E-state index is -3.47. The quantitative estimate of drug-likeness (QED) is 0.930. The van der Waals surface area contributed by atoms with Crippen molar-refractivity contribution in [2.45, 2.75) is 43.4 Å². The first-order valence-corrected chi connectivity index (χ1v) is 8.75. The number of halogens is 1. The lowest BCUT2D eigenvalue weighted by molar-refractivity contribution is 0.369. The van der Waals surface area contributed by atoms with Gasteiger partial charge in [-0.25, -0.2) is 18.1 Å². The normalized spacial score (nSPS) is 28.7. The lowest BCUT2D eigenvalue weighted by atomic mass is 9.94. The van der Waals surface area contributed by atoms with Crippen molar-refractivity contribution < 1.29 is 8.42 Å². The molecular formula is C11H17ClN2O2S2. The van der Waals surface area contributed by atoms with Crippen molar-refractivity contribution in [1.29, 1.82) is 0 Å². The third-order valence-corrected chi connectivity index (χ3v) is 6.84. The monoisotopic (exact) mass is 308 g/mol. The van der Waals surface area contributed by atoms with Gasteiger partial charge < -0.3 is 0 Å². The van der Waals surface area contributed by atoms with E-state index in [0.717, 1.165) is 30.6 Å². The molecule has 1 heterocycles. The van der Waals surface area contributed by atoms with Crippen LogP contribution < -0.4 is 4.72 Å². The van der Waals surface area contributed by atoms with Gasteiger partial charge in [0.1, 0.15) is 0 Å². The van der Waals surface area contributed by atoms with Gasteiger partial charge in [-0.1, -0.05) is 43.2 Å². The zero-order valence-corrected chi connectivity index (χ0v) is 12.8. The van der Waals surface area contributed by atoms with E-state index in [-0.39, 0.29) is 14.7 Å². The van der Waals surface area contributed by atoms with Crippen LogP contribution in [0.15, 0.2) is 10.4 Å². The van der Waals surface area contributed by atoms with Gasteiger partial charge in [0.25, 0.3) is 10.0 Å². The smallest absolute Gasteiger partial charge is 0.232 e. The van der Waals surface area contributed by atoms with E-state index in [1.54, 1.807) is 0 Å².